The van der Waals surface area contributed by atoms with Gasteiger partial charge in [-0.3, -0.25) is 20.4 Å². The Bertz CT molecular complexity index is 1050. The molecule has 1 aromatic heterocycles. The lowest BCUT2D eigenvalue weighted by Crippen LogP contribution is -2.44. The fourth-order valence-electron chi connectivity index (χ4n) is 2.60. The van der Waals surface area contributed by atoms with Gasteiger partial charge in [0.25, 0.3) is 5.91 Å². The molecule has 2 amide bonds. The highest BCUT2D eigenvalue weighted by Gasteiger charge is 2.12. The molecule has 3 rings (SSSR count). The third-order valence-electron chi connectivity index (χ3n) is 4.20. The van der Waals surface area contributed by atoms with E-state index in [0.717, 1.165) is 11.4 Å². The normalized spacial score (nSPS) is 10.4. The first-order valence-corrected chi connectivity index (χ1v) is 10.1. The van der Waals surface area contributed by atoms with Crippen molar-refractivity contribution in [3.05, 3.63) is 64.6 Å². The van der Waals surface area contributed by atoms with Crippen molar-refractivity contribution >= 4 is 40.7 Å². The summed E-state index contributed by atoms with van der Waals surface area (Å²) in [5.74, 6) is 0.817. The first kappa shape index (κ1) is 22.5. The summed E-state index contributed by atoms with van der Waals surface area (Å²) < 4.78 is 10.7. The number of ether oxygens (including phenoxy) is 1. The molecule has 8 nitrogen and oxygen atoms in total. The van der Waals surface area contributed by atoms with Crippen molar-refractivity contribution in [3.63, 3.8) is 0 Å². The number of aryl methyl sites for hydroxylation is 1. The number of halogens is 2. The highest BCUT2D eigenvalue weighted by molar-refractivity contribution is 6.36. The minimum absolute atomic E-state index is 0.00242. The number of hydrogen-bond acceptors (Lipinski definition) is 6. The number of hydrazine groups is 1. The van der Waals surface area contributed by atoms with E-state index < -0.39 is 0 Å². The highest BCUT2D eigenvalue weighted by atomic mass is 35.5. The van der Waals surface area contributed by atoms with Crippen LogP contribution in [0.5, 0.6) is 5.75 Å². The number of hydrogen-bond donors (Lipinski definition) is 3. The second-order valence-electron chi connectivity index (χ2n) is 6.42. The van der Waals surface area contributed by atoms with E-state index in [1.165, 1.54) is 6.20 Å². The molecule has 0 bridgehead atoms. The van der Waals surface area contributed by atoms with E-state index in [-0.39, 0.29) is 31.2 Å². The van der Waals surface area contributed by atoms with Gasteiger partial charge in [-0.15, -0.1) is 0 Å². The zero-order valence-electron chi connectivity index (χ0n) is 16.6. The van der Waals surface area contributed by atoms with Crippen LogP contribution in [-0.4, -0.2) is 30.5 Å². The molecule has 0 unspecified atom stereocenters. The van der Waals surface area contributed by atoms with Crippen molar-refractivity contribution in [2.75, 3.05) is 19.0 Å². The molecule has 0 aliphatic carbocycles. The molecule has 0 atom stereocenters. The zero-order chi connectivity index (χ0) is 22.2. The number of aromatic nitrogens is 1. The fourth-order valence-corrected chi connectivity index (χ4v) is 3.10. The molecule has 0 saturated carbocycles. The maximum absolute atomic E-state index is 12.0. The summed E-state index contributed by atoms with van der Waals surface area (Å²) in [6, 6.07) is 12.2. The van der Waals surface area contributed by atoms with Gasteiger partial charge in [-0.1, -0.05) is 23.2 Å². The van der Waals surface area contributed by atoms with Crippen LogP contribution in [0.25, 0.3) is 11.3 Å². The van der Waals surface area contributed by atoms with Crippen LogP contribution in [0.2, 0.25) is 10.0 Å². The molecule has 10 heteroatoms. The molecular formula is C21H20Cl2N4O4. The Hall–Kier alpha value is -3.23. The number of amides is 2. The number of nitrogens with zero attached hydrogens (tertiary/aromatic N) is 1. The maximum atomic E-state index is 12.0. The fraction of sp³-hybridized carbons (Fsp3) is 0.190. The monoisotopic (exact) mass is 462 g/mol. The van der Waals surface area contributed by atoms with Gasteiger partial charge in [-0.25, -0.2) is 4.98 Å². The molecule has 0 fully saturated rings. The van der Waals surface area contributed by atoms with E-state index in [9.17, 15) is 9.59 Å². The van der Waals surface area contributed by atoms with E-state index in [0.29, 0.717) is 27.3 Å². The summed E-state index contributed by atoms with van der Waals surface area (Å²) in [6.07, 6.45) is 1.88. The summed E-state index contributed by atoms with van der Waals surface area (Å²) in [5, 5.41) is 3.90. The molecule has 0 saturated heterocycles. The second kappa shape index (κ2) is 10.7. The topological polar surface area (TPSA) is 105 Å². The van der Waals surface area contributed by atoms with E-state index in [2.05, 4.69) is 21.2 Å². The molecule has 162 valence electrons. The average molecular weight is 463 g/mol. The Morgan fingerprint density at radius 3 is 2.52 bits per heavy atom. The predicted octanol–water partition coefficient (Wildman–Crippen LogP) is 3.85. The van der Waals surface area contributed by atoms with Gasteiger partial charge in [0.05, 0.1) is 24.9 Å². The molecule has 31 heavy (non-hydrogen) atoms. The molecule has 0 aliphatic rings. The molecular weight excluding hydrogens is 443 g/mol. The van der Waals surface area contributed by atoms with E-state index >= 15 is 0 Å². The van der Waals surface area contributed by atoms with Crippen molar-refractivity contribution in [1.82, 2.24) is 15.8 Å². The number of carbonyl (C=O) groups excluding carboxylic acids is 2. The van der Waals surface area contributed by atoms with Crippen LogP contribution >= 0.6 is 23.2 Å². The Morgan fingerprint density at radius 1 is 1.06 bits per heavy atom. The SMILES string of the molecule is COc1ccc(NCC(=O)NNC(=O)CCc2ncc(-c3ccc(Cl)cc3Cl)o2)cc1. The van der Waals surface area contributed by atoms with Crippen LogP contribution in [0.1, 0.15) is 12.3 Å². The summed E-state index contributed by atoms with van der Waals surface area (Å²) in [4.78, 5) is 28.0. The molecule has 3 N–H and O–H groups in total. The quantitative estimate of drug-likeness (QED) is 0.439. The largest absolute Gasteiger partial charge is 0.497 e. The Labute approximate surface area is 188 Å². The number of anilines is 1. The Kier molecular flexibility index (Phi) is 7.75. The molecule has 0 radical (unpaired) electrons. The van der Waals surface area contributed by atoms with Crippen LogP contribution in [0.4, 0.5) is 5.69 Å². The number of methoxy groups -OCH3 is 1. The van der Waals surface area contributed by atoms with E-state index in [1.807, 2.05) is 0 Å². The maximum Gasteiger partial charge on any atom is 0.257 e. The van der Waals surface area contributed by atoms with Gasteiger partial charge in [0.2, 0.25) is 5.91 Å². The molecule has 0 aliphatic heterocycles. The number of rotatable bonds is 8. The van der Waals surface area contributed by atoms with Crippen molar-refractivity contribution < 1.29 is 18.7 Å². The number of benzene rings is 2. The minimum Gasteiger partial charge on any atom is -0.497 e. The summed E-state index contributed by atoms with van der Waals surface area (Å²) in [5.41, 5.74) is 6.12. The van der Waals surface area contributed by atoms with E-state index in [4.69, 9.17) is 32.4 Å². The first-order chi connectivity index (χ1) is 14.9. The summed E-state index contributed by atoms with van der Waals surface area (Å²) >= 11 is 12.1. The number of nitrogens with one attached hydrogen (secondary N) is 3. The first-order valence-electron chi connectivity index (χ1n) is 9.30. The van der Waals surface area contributed by atoms with Gasteiger partial charge >= 0.3 is 0 Å². The minimum atomic E-state index is -0.389. The van der Waals surface area contributed by atoms with Gasteiger partial charge in [-0.05, 0) is 42.5 Å². The number of oxazole rings is 1. The van der Waals surface area contributed by atoms with Gasteiger partial charge in [0, 0.05) is 29.1 Å². The highest BCUT2D eigenvalue weighted by Crippen LogP contribution is 2.30. The van der Waals surface area contributed by atoms with Crippen molar-refractivity contribution in [1.29, 1.82) is 0 Å². The van der Waals surface area contributed by atoms with Gasteiger partial charge in [0.1, 0.15) is 5.75 Å². The molecule has 0 spiro atoms. The van der Waals surface area contributed by atoms with Gasteiger partial charge in [0.15, 0.2) is 11.7 Å². The molecule has 1 heterocycles. The molecule has 3 aromatic rings. The standard InChI is InChI=1S/C21H20Cl2N4O4/c1-30-15-5-3-14(4-6-15)24-12-20(29)27-26-19(28)8-9-21-25-11-18(31-21)16-7-2-13(22)10-17(16)23/h2-7,10-11,24H,8-9,12H2,1H3,(H,26,28)(H,27,29). The predicted molar refractivity (Wildman–Crippen MR) is 118 cm³/mol. The van der Waals surface area contributed by atoms with Crippen LogP contribution in [-0.2, 0) is 16.0 Å². The third-order valence-corrected chi connectivity index (χ3v) is 4.75. The summed E-state index contributed by atoms with van der Waals surface area (Å²) in [6.45, 7) is -0.00242. The van der Waals surface area contributed by atoms with Crippen molar-refractivity contribution in [3.8, 4) is 17.1 Å². The van der Waals surface area contributed by atoms with Crippen LogP contribution in [0.15, 0.2) is 53.1 Å². The summed E-state index contributed by atoms with van der Waals surface area (Å²) in [7, 11) is 1.58. The Morgan fingerprint density at radius 2 is 1.81 bits per heavy atom. The van der Waals surface area contributed by atoms with Crippen molar-refractivity contribution in [2.24, 2.45) is 0 Å². The van der Waals surface area contributed by atoms with Crippen LogP contribution < -0.4 is 20.9 Å². The smallest absolute Gasteiger partial charge is 0.257 e. The lowest BCUT2D eigenvalue weighted by atomic mass is 10.2. The average Bonchev–Trinajstić information content (AvgIpc) is 3.24. The second-order valence-corrected chi connectivity index (χ2v) is 7.26. The van der Waals surface area contributed by atoms with Crippen LogP contribution in [0.3, 0.4) is 0 Å². The van der Waals surface area contributed by atoms with Gasteiger partial charge in [-0.2, -0.15) is 0 Å². The van der Waals surface area contributed by atoms with E-state index in [1.54, 1.807) is 49.6 Å². The molecule has 2 aromatic carbocycles. The number of carbonyl (C=O) groups is 2. The zero-order valence-corrected chi connectivity index (χ0v) is 18.1. The van der Waals surface area contributed by atoms with Gasteiger partial charge < -0.3 is 14.5 Å². The van der Waals surface area contributed by atoms with Crippen LogP contribution in [0, 0.1) is 0 Å². The lowest BCUT2D eigenvalue weighted by Gasteiger charge is -2.09. The third kappa shape index (κ3) is 6.63. The van der Waals surface area contributed by atoms with Crippen molar-refractivity contribution in [2.45, 2.75) is 12.8 Å². The Balaban J connectivity index is 1.40. The lowest BCUT2D eigenvalue weighted by molar-refractivity contribution is -0.128.